The monoisotopic (exact) mass is 337 g/mol. The van der Waals surface area contributed by atoms with Gasteiger partial charge in [-0.15, -0.1) is 5.10 Å². The Morgan fingerprint density at radius 1 is 1.46 bits per heavy atom. The van der Waals surface area contributed by atoms with E-state index in [-0.39, 0.29) is 30.2 Å². The van der Waals surface area contributed by atoms with Gasteiger partial charge in [-0.25, -0.2) is 9.59 Å². The number of nitrogens with zero attached hydrogens (tertiary/aromatic N) is 3. The van der Waals surface area contributed by atoms with Crippen molar-refractivity contribution in [3.63, 3.8) is 0 Å². The molecule has 0 radical (unpaired) electrons. The first kappa shape index (κ1) is 17.9. The molecule has 1 heterocycles. The summed E-state index contributed by atoms with van der Waals surface area (Å²) in [6.45, 7) is 1.83. The number of amides is 2. The van der Waals surface area contributed by atoms with Gasteiger partial charge in [0.2, 0.25) is 0 Å². The number of esters is 1. The van der Waals surface area contributed by atoms with Gasteiger partial charge in [-0.1, -0.05) is 13.3 Å². The van der Waals surface area contributed by atoms with Crippen LogP contribution >= 0.6 is 0 Å². The Morgan fingerprint density at radius 3 is 2.62 bits per heavy atom. The molecule has 1 aliphatic rings. The van der Waals surface area contributed by atoms with E-state index >= 15 is 0 Å². The van der Waals surface area contributed by atoms with Crippen LogP contribution in [0.2, 0.25) is 0 Å². The Balaban J connectivity index is 2.00. The number of carbonyl (C=O) groups is 3. The van der Waals surface area contributed by atoms with E-state index in [1.807, 2.05) is 0 Å². The molecular weight excluding hydrogens is 314 g/mol. The molecule has 9 nitrogen and oxygen atoms in total. The number of nitrogens with one attached hydrogen (secondary N) is 1. The van der Waals surface area contributed by atoms with Crippen LogP contribution in [-0.2, 0) is 16.1 Å². The molecule has 2 amide bonds. The summed E-state index contributed by atoms with van der Waals surface area (Å²) in [4.78, 5) is 37.1. The molecule has 1 atom stereocenters. The van der Waals surface area contributed by atoms with Gasteiger partial charge in [-0.2, -0.15) is 4.68 Å². The summed E-state index contributed by atoms with van der Waals surface area (Å²) in [7, 11) is 3.15. The van der Waals surface area contributed by atoms with Gasteiger partial charge in [-0.05, 0) is 18.8 Å². The highest BCUT2D eigenvalue weighted by Gasteiger charge is 2.31. The van der Waals surface area contributed by atoms with Crippen LogP contribution in [0.4, 0.5) is 15.4 Å². The molecular formula is C15H23N5O4. The van der Waals surface area contributed by atoms with Crippen LogP contribution in [0.1, 0.15) is 31.7 Å². The second-order valence-corrected chi connectivity index (χ2v) is 6.14. The van der Waals surface area contributed by atoms with Gasteiger partial charge in [0.15, 0.2) is 5.82 Å². The van der Waals surface area contributed by atoms with E-state index < -0.39 is 12.1 Å². The second-order valence-electron chi connectivity index (χ2n) is 6.14. The highest BCUT2D eigenvalue weighted by molar-refractivity contribution is 5.93. The lowest BCUT2D eigenvalue weighted by Gasteiger charge is -2.29. The zero-order valence-electron chi connectivity index (χ0n) is 14.1. The van der Waals surface area contributed by atoms with Crippen LogP contribution in [0.3, 0.4) is 0 Å². The van der Waals surface area contributed by atoms with Crippen molar-refractivity contribution in [2.24, 2.45) is 17.6 Å². The number of nitrogens with two attached hydrogens (primary N) is 1. The summed E-state index contributed by atoms with van der Waals surface area (Å²) in [6.07, 6.45) is 3.56. The fraction of sp³-hybridized carbons (Fsp3) is 0.600. The van der Waals surface area contributed by atoms with Crippen LogP contribution in [0.25, 0.3) is 0 Å². The third-order valence-electron chi connectivity index (χ3n) is 4.23. The number of hydrogen-bond donors (Lipinski definition) is 2. The molecule has 0 aromatic carbocycles. The Morgan fingerprint density at radius 2 is 2.12 bits per heavy atom. The molecule has 1 saturated carbocycles. The van der Waals surface area contributed by atoms with Gasteiger partial charge in [0.05, 0.1) is 5.92 Å². The molecule has 1 aliphatic carbocycles. The molecule has 1 fully saturated rings. The minimum absolute atomic E-state index is 0.0722. The van der Waals surface area contributed by atoms with Crippen LogP contribution in [0.15, 0.2) is 6.20 Å². The van der Waals surface area contributed by atoms with Crippen molar-refractivity contribution in [3.05, 3.63) is 11.8 Å². The minimum Gasteiger partial charge on any atom is -0.376 e. The van der Waals surface area contributed by atoms with E-state index in [4.69, 9.17) is 10.5 Å². The lowest BCUT2D eigenvalue weighted by molar-refractivity contribution is -0.143. The molecule has 0 bridgehead atoms. The number of ether oxygens (including phenoxy) is 1. The predicted octanol–water partition coefficient (Wildman–Crippen LogP) is 1.38. The van der Waals surface area contributed by atoms with Gasteiger partial charge >= 0.3 is 18.1 Å². The van der Waals surface area contributed by atoms with Crippen molar-refractivity contribution in [2.75, 3.05) is 19.4 Å². The SMILES string of the molecule is CC(C(=O)OC(=O)Nc1nn(C(=O)N(C)C)cc1CN)C1CCC1. The van der Waals surface area contributed by atoms with Crippen molar-refractivity contribution >= 4 is 23.9 Å². The predicted molar refractivity (Wildman–Crippen MR) is 86.2 cm³/mol. The van der Waals surface area contributed by atoms with Gasteiger partial charge in [-0.3, -0.25) is 10.1 Å². The first-order valence-corrected chi connectivity index (χ1v) is 7.86. The Hall–Kier alpha value is -2.42. The lowest BCUT2D eigenvalue weighted by Crippen LogP contribution is -2.31. The van der Waals surface area contributed by atoms with Crippen LogP contribution in [0.5, 0.6) is 0 Å². The van der Waals surface area contributed by atoms with E-state index in [0.29, 0.717) is 5.56 Å². The number of anilines is 1. The number of hydrogen-bond acceptors (Lipinski definition) is 6. The zero-order valence-corrected chi connectivity index (χ0v) is 14.1. The van der Waals surface area contributed by atoms with Crippen molar-refractivity contribution < 1.29 is 19.1 Å². The van der Waals surface area contributed by atoms with Crippen LogP contribution in [0, 0.1) is 11.8 Å². The maximum Gasteiger partial charge on any atom is 0.420 e. The topological polar surface area (TPSA) is 120 Å². The largest absolute Gasteiger partial charge is 0.420 e. The van der Waals surface area contributed by atoms with Crippen molar-refractivity contribution in [2.45, 2.75) is 32.7 Å². The summed E-state index contributed by atoms with van der Waals surface area (Å²) in [5, 5.41) is 6.35. The van der Waals surface area contributed by atoms with E-state index in [2.05, 4.69) is 10.4 Å². The molecule has 2 rings (SSSR count). The molecule has 0 saturated heterocycles. The Labute approximate surface area is 140 Å². The summed E-state index contributed by atoms with van der Waals surface area (Å²) < 4.78 is 5.88. The maximum atomic E-state index is 11.9. The Kier molecular flexibility index (Phi) is 5.55. The van der Waals surface area contributed by atoms with Crippen molar-refractivity contribution in [1.82, 2.24) is 14.7 Å². The van der Waals surface area contributed by atoms with E-state index in [1.165, 1.54) is 11.1 Å². The molecule has 0 spiro atoms. The van der Waals surface area contributed by atoms with Crippen LogP contribution < -0.4 is 11.1 Å². The fourth-order valence-electron chi connectivity index (χ4n) is 2.41. The molecule has 1 aromatic heterocycles. The average molecular weight is 337 g/mol. The number of rotatable bonds is 4. The van der Waals surface area contributed by atoms with Crippen molar-refractivity contribution in [3.8, 4) is 0 Å². The summed E-state index contributed by atoms with van der Waals surface area (Å²) in [5.74, 6) is -0.495. The van der Waals surface area contributed by atoms with Crippen molar-refractivity contribution in [1.29, 1.82) is 0 Å². The summed E-state index contributed by atoms with van der Waals surface area (Å²) in [6, 6.07) is -0.388. The van der Waals surface area contributed by atoms with Gasteiger partial charge in [0.1, 0.15) is 0 Å². The molecule has 1 aromatic rings. The van der Waals surface area contributed by atoms with Gasteiger partial charge in [0, 0.05) is 32.4 Å². The third-order valence-corrected chi connectivity index (χ3v) is 4.23. The molecule has 1 unspecified atom stereocenters. The van der Waals surface area contributed by atoms with Gasteiger partial charge in [0.25, 0.3) is 0 Å². The smallest absolute Gasteiger partial charge is 0.376 e. The fourth-order valence-corrected chi connectivity index (χ4v) is 2.41. The van der Waals surface area contributed by atoms with Crippen LogP contribution in [-0.4, -0.2) is 46.9 Å². The van der Waals surface area contributed by atoms with Gasteiger partial charge < -0.3 is 15.4 Å². The molecule has 9 heteroatoms. The zero-order chi connectivity index (χ0) is 17.9. The minimum atomic E-state index is -0.927. The second kappa shape index (κ2) is 7.43. The molecule has 0 aliphatic heterocycles. The lowest BCUT2D eigenvalue weighted by atomic mass is 9.77. The molecule has 3 N–H and O–H groups in total. The maximum absolute atomic E-state index is 11.9. The van der Waals surface area contributed by atoms with E-state index in [9.17, 15) is 14.4 Å². The Bertz CT molecular complexity index is 636. The quantitative estimate of drug-likeness (QED) is 0.633. The summed E-state index contributed by atoms with van der Waals surface area (Å²) in [5.41, 5.74) is 6.05. The molecule has 24 heavy (non-hydrogen) atoms. The normalized spacial score (nSPS) is 15.3. The number of aromatic nitrogens is 2. The molecule has 132 valence electrons. The first-order valence-electron chi connectivity index (χ1n) is 7.86. The average Bonchev–Trinajstić information content (AvgIpc) is 2.86. The standard InChI is InChI=1S/C15H23N5O4/c1-9(10-5-4-6-10)13(21)24-14(22)17-12-11(7-16)8-20(18-12)15(23)19(2)3/h8-10H,4-7,16H2,1-3H3,(H,17,18,22). The highest BCUT2D eigenvalue weighted by atomic mass is 16.6. The summed E-state index contributed by atoms with van der Waals surface area (Å²) >= 11 is 0. The highest BCUT2D eigenvalue weighted by Crippen LogP contribution is 2.33. The third kappa shape index (κ3) is 3.91. The van der Waals surface area contributed by atoms with E-state index in [0.717, 1.165) is 23.9 Å². The first-order chi connectivity index (χ1) is 11.3. The van der Waals surface area contributed by atoms with E-state index in [1.54, 1.807) is 21.0 Å². The number of carbonyl (C=O) groups excluding carboxylic acids is 3.